The summed E-state index contributed by atoms with van der Waals surface area (Å²) in [5.74, 6) is 2.28. The zero-order chi connectivity index (χ0) is 18.2. The van der Waals surface area contributed by atoms with E-state index < -0.39 is 0 Å². The number of hydrogen-bond donors (Lipinski definition) is 1. The van der Waals surface area contributed by atoms with Gasteiger partial charge in [0.1, 0.15) is 23.9 Å². The maximum Gasteiger partial charge on any atom is 0.265 e. The van der Waals surface area contributed by atoms with E-state index in [4.69, 9.17) is 9.47 Å². The molecule has 5 rings (SSSR count). The molecule has 0 saturated heterocycles. The number of ether oxygens (including phenoxy) is 2. The number of fused-ring (bicyclic) bond motifs is 2. The Kier molecular flexibility index (Phi) is 4.24. The number of pyridine rings is 1. The lowest BCUT2D eigenvalue weighted by atomic mass is 9.90. The van der Waals surface area contributed by atoms with Crippen molar-refractivity contribution in [2.45, 2.75) is 37.8 Å². The van der Waals surface area contributed by atoms with Crippen LogP contribution in [0.2, 0.25) is 0 Å². The molecule has 0 radical (unpaired) electrons. The molecule has 1 aromatic rings. The van der Waals surface area contributed by atoms with Crippen molar-refractivity contribution in [1.82, 2.24) is 14.9 Å². The molecule has 0 unspecified atom stereocenters. The second-order valence-corrected chi connectivity index (χ2v) is 7.95. The number of aromatic nitrogens is 2. The van der Waals surface area contributed by atoms with Gasteiger partial charge in [-0.1, -0.05) is 0 Å². The Morgan fingerprint density at radius 2 is 2.04 bits per heavy atom. The number of rotatable bonds is 3. The predicted octanol–water partition coefficient (Wildman–Crippen LogP) is 3.73. The van der Waals surface area contributed by atoms with E-state index in [0.717, 1.165) is 31.5 Å². The number of nitrogens with zero attached hydrogens (tertiary/aromatic N) is 2. The van der Waals surface area contributed by atoms with E-state index in [0.29, 0.717) is 35.6 Å². The predicted molar refractivity (Wildman–Crippen MR) is 103 cm³/mol. The molecular formula is C20H21N3O3S. The summed E-state index contributed by atoms with van der Waals surface area (Å²) in [6.45, 7) is 1.03. The zero-order valence-corrected chi connectivity index (χ0v) is 15.7. The van der Waals surface area contributed by atoms with E-state index in [1.807, 2.05) is 17.6 Å². The number of amides is 1. The van der Waals surface area contributed by atoms with Crippen LogP contribution in [0.15, 0.2) is 36.0 Å². The van der Waals surface area contributed by atoms with Gasteiger partial charge in [-0.2, -0.15) is 0 Å². The molecule has 140 valence electrons. The fourth-order valence-corrected chi connectivity index (χ4v) is 4.89. The third-order valence-electron chi connectivity index (χ3n) is 5.41. The van der Waals surface area contributed by atoms with Gasteiger partial charge in [-0.25, -0.2) is 4.98 Å². The van der Waals surface area contributed by atoms with E-state index in [-0.39, 0.29) is 11.9 Å². The molecular weight excluding hydrogens is 362 g/mol. The first-order valence-corrected chi connectivity index (χ1v) is 10.3. The van der Waals surface area contributed by atoms with Crippen molar-refractivity contribution < 1.29 is 14.3 Å². The average Bonchev–Trinajstić information content (AvgIpc) is 3.35. The summed E-state index contributed by atoms with van der Waals surface area (Å²) in [5.41, 5.74) is 1.18. The summed E-state index contributed by atoms with van der Waals surface area (Å²) in [7, 11) is 0. The first kappa shape index (κ1) is 16.6. The molecule has 1 amide bonds. The molecule has 0 aromatic carbocycles. The van der Waals surface area contributed by atoms with Gasteiger partial charge in [0.15, 0.2) is 11.5 Å². The smallest absolute Gasteiger partial charge is 0.265 e. The first-order chi connectivity index (χ1) is 13.3. The molecule has 0 bridgehead atoms. The standard InChI is InChI=1S/C20H21N3O3S/c24-20(18-17-16(12-27-18)25-10-11-26-17)22-14-3-5-15(6-4-14)23-9-1-2-13-7-8-21-19(13)23/h1-2,7-9,12,14-15H,3-6,10-11H2,(H,22,24). The minimum atomic E-state index is -0.0531. The van der Waals surface area contributed by atoms with Crippen LogP contribution >= 0.6 is 11.3 Å². The highest BCUT2D eigenvalue weighted by atomic mass is 32.1. The second-order valence-electron chi connectivity index (χ2n) is 7.07. The Bertz CT molecular complexity index is 926. The third-order valence-corrected chi connectivity index (χ3v) is 6.35. The van der Waals surface area contributed by atoms with Crippen LogP contribution in [0.4, 0.5) is 0 Å². The highest BCUT2D eigenvalue weighted by Crippen LogP contribution is 2.39. The van der Waals surface area contributed by atoms with Gasteiger partial charge in [0.2, 0.25) is 0 Å². The maximum atomic E-state index is 12.7. The molecule has 3 aliphatic heterocycles. The van der Waals surface area contributed by atoms with Crippen molar-refractivity contribution >= 4 is 17.2 Å². The second kappa shape index (κ2) is 6.88. The van der Waals surface area contributed by atoms with E-state index >= 15 is 0 Å². The Hall–Kier alpha value is -2.54. The van der Waals surface area contributed by atoms with Gasteiger partial charge in [0.25, 0.3) is 5.91 Å². The van der Waals surface area contributed by atoms with E-state index in [1.165, 1.54) is 16.9 Å². The minimum absolute atomic E-state index is 0.0531. The van der Waals surface area contributed by atoms with E-state index in [2.05, 4.69) is 33.2 Å². The van der Waals surface area contributed by atoms with Crippen LogP contribution in [0.1, 0.15) is 41.4 Å². The Morgan fingerprint density at radius 1 is 1.19 bits per heavy atom. The van der Waals surface area contributed by atoms with Gasteiger partial charge in [-0.15, -0.1) is 11.3 Å². The SMILES string of the molecule is O=C(NC1CCC(n2cccc3ccnc2-3)CC1)c1scc2c1OCCO2. The van der Waals surface area contributed by atoms with Crippen molar-refractivity contribution in [3.8, 4) is 22.9 Å². The molecule has 27 heavy (non-hydrogen) atoms. The minimum Gasteiger partial charge on any atom is -0.485 e. The molecule has 1 aliphatic carbocycles. The van der Waals surface area contributed by atoms with Crippen molar-refractivity contribution in [2.24, 2.45) is 0 Å². The number of nitrogens with one attached hydrogen (secondary N) is 1. The van der Waals surface area contributed by atoms with Crippen molar-refractivity contribution in [3.63, 3.8) is 0 Å². The summed E-state index contributed by atoms with van der Waals surface area (Å²) >= 11 is 1.39. The lowest BCUT2D eigenvalue weighted by Crippen LogP contribution is -2.38. The lowest BCUT2D eigenvalue weighted by molar-refractivity contribution is 0.0917. The lowest BCUT2D eigenvalue weighted by Gasteiger charge is -2.31. The molecule has 6 nitrogen and oxygen atoms in total. The summed E-state index contributed by atoms with van der Waals surface area (Å²) < 4.78 is 13.4. The molecule has 0 atom stereocenters. The number of hydrogen-bond acceptors (Lipinski definition) is 5. The zero-order valence-electron chi connectivity index (χ0n) is 14.9. The molecule has 0 spiro atoms. The maximum absolute atomic E-state index is 12.7. The monoisotopic (exact) mass is 383 g/mol. The normalized spacial score (nSPS) is 21.9. The van der Waals surface area contributed by atoms with Crippen LogP contribution < -0.4 is 14.8 Å². The average molecular weight is 383 g/mol. The van der Waals surface area contributed by atoms with Crippen LogP contribution in [0.5, 0.6) is 11.5 Å². The highest BCUT2D eigenvalue weighted by molar-refractivity contribution is 7.12. The summed E-state index contributed by atoms with van der Waals surface area (Å²) in [6, 6.07) is 6.86. The molecule has 1 fully saturated rings. The molecule has 4 aliphatic rings. The van der Waals surface area contributed by atoms with E-state index in [1.54, 1.807) is 0 Å². The summed E-state index contributed by atoms with van der Waals surface area (Å²) in [6.07, 6.45) is 7.97. The highest BCUT2D eigenvalue weighted by Gasteiger charge is 2.28. The number of thiophene rings is 1. The van der Waals surface area contributed by atoms with E-state index in [9.17, 15) is 4.79 Å². The van der Waals surface area contributed by atoms with Gasteiger partial charge in [-0.05, 0) is 43.9 Å². The molecule has 1 saturated carbocycles. The van der Waals surface area contributed by atoms with Crippen molar-refractivity contribution in [2.75, 3.05) is 13.2 Å². The van der Waals surface area contributed by atoms with Crippen LogP contribution in [0, 0.1) is 0 Å². The Labute approximate surface area is 161 Å². The van der Waals surface area contributed by atoms with Crippen molar-refractivity contribution in [1.29, 1.82) is 0 Å². The van der Waals surface area contributed by atoms with Gasteiger partial charge < -0.3 is 19.4 Å². The summed E-state index contributed by atoms with van der Waals surface area (Å²) in [5, 5.41) is 5.04. The molecule has 1 N–H and O–H groups in total. The van der Waals surface area contributed by atoms with Gasteiger partial charge in [-0.3, -0.25) is 4.79 Å². The Morgan fingerprint density at radius 3 is 2.93 bits per heavy atom. The van der Waals surface area contributed by atoms with Crippen LogP contribution in [-0.2, 0) is 0 Å². The quantitative estimate of drug-likeness (QED) is 0.748. The molecule has 7 heteroatoms. The van der Waals surface area contributed by atoms with Gasteiger partial charge in [0.05, 0.1) is 0 Å². The van der Waals surface area contributed by atoms with Gasteiger partial charge >= 0.3 is 0 Å². The third kappa shape index (κ3) is 3.06. The largest absolute Gasteiger partial charge is 0.485 e. The number of carbonyl (C=O) groups is 1. The fraction of sp³-hybridized carbons (Fsp3) is 0.400. The van der Waals surface area contributed by atoms with Crippen LogP contribution in [0.25, 0.3) is 11.4 Å². The molecule has 4 heterocycles. The van der Waals surface area contributed by atoms with Crippen molar-refractivity contribution in [3.05, 3.63) is 40.8 Å². The number of carbonyl (C=O) groups excluding carboxylic acids is 1. The topological polar surface area (TPSA) is 65.4 Å². The summed E-state index contributed by atoms with van der Waals surface area (Å²) in [4.78, 5) is 17.8. The van der Waals surface area contributed by atoms with Crippen LogP contribution in [-0.4, -0.2) is 34.7 Å². The first-order valence-electron chi connectivity index (χ1n) is 9.39. The molecule has 1 aromatic heterocycles. The fourth-order valence-electron chi connectivity index (χ4n) is 4.06. The van der Waals surface area contributed by atoms with Crippen LogP contribution in [0.3, 0.4) is 0 Å². The van der Waals surface area contributed by atoms with Gasteiger partial charge in [0, 0.05) is 35.4 Å². The Balaban J connectivity index is 1.23.